The fraction of sp³-hybridized carbons (Fsp3) is 0.538. The lowest BCUT2D eigenvalue weighted by Gasteiger charge is -2.28. The highest BCUT2D eigenvalue weighted by atomic mass is 32.2. The molecule has 1 aromatic carbocycles. The van der Waals surface area contributed by atoms with Crippen LogP contribution in [0.2, 0.25) is 0 Å². The summed E-state index contributed by atoms with van der Waals surface area (Å²) in [5.74, 6) is 0.108. The van der Waals surface area contributed by atoms with Crippen molar-refractivity contribution in [2.24, 2.45) is 0 Å². The van der Waals surface area contributed by atoms with Crippen LogP contribution >= 0.6 is 0 Å². The number of nitrogens with one attached hydrogen (secondary N) is 1. The van der Waals surface area contributed by atoms with Gasteiger partial charge in [0.05, 0.1) is 11.5 Å². The normalized spacial score (nSPS) is 28.2. The molecule has 3 nitrogen and oxygen atoms in total. The van der Waals surface area contributed by atoms with Crippen LogP contribution in [0.4, 0.5) is 4.39 Å². The van der Waals surface area contributed by atoms with Crippen molar-refractivity contribution >= 4 is 9.84 Å². The van der Waals surface area contributed by atoms with Crippen LogP contribution in [0.25, 0.3) is 0 Å². The second-order valence-electron chi connectivity index (χ2n) is 5.32. The van der Waals surface area contributed by atoms with Gasteiger partial charge in [0.15, 0.2) is 9.84 Å². The molecule has 1 N–H and O–H groups in total. The molecule has 1 heterocycles. The molecule has 0 saturated carbocycles. The quantitative estimate of drug-likeness (QED) is 0.915. The van der Waals surface area contributed by atoms with Crippen molar-refractivity contribution < 1.29 is 12.8 Å². The van der Waals surface area contributed by atoms with Crippen molar-refractivity contribution in [2.75, 3.05) is 11.5 Å². The zero-order chi connectivity index (χ0) is 13.4. The topological polar surface area (TPSA) is 46.2 Å². The van der Waals surface area contributed by atoms with Crippen LogP contribution in [0, 0.1) is 5.82 Å². The van der Waals surface area contributed by atoms with Gasteiger partial charge in [0.2, 0.25) is 0 Å². The average Bonchev–Trinajstić information content (AvgIpc) is 2.52. The van der Waals surface area contributed by atoms with Gasteiger partial charge in [-0.3, -0.25) is 0 Å². The molecule has 0 aliphatic carbocycles. The van der Waals surface area contributed by atoms with Crippen molar-refractivity contribution in [3.05, 3.63) is 35.6 Å². The minimum absolute atomic E-state index is 0.0704. The van der Waals surface area contributed by atoms with E-state index in [0.29, 0.717) is 6.42 Å². The SMILES string of the molecule is CC(NC1(C)CCS(=O)(=O)C1)c1cccc(F)c1. The molecule has 18 heavy (non-hydrogen) atoms. The summed E-state index contributed by atoms with van der Waals surface area (Å²) in [6.45, 7) is 3.83. The molecular formula is C13H18FNO2S. The van der Waals surface area contributed by atoms with E-state index in [9.17, 15) is 12.8 Å². The molecule has 2 unspecified atom stereocenters. The third-order valence-corrected chi connectivity index (χ3v) is 5.32. The number of benzene rings is 1. The van der Waals surface area contributed by atoms with Gasteiger partial charge >= 0.3 is 0 Å². The van der Waals surface area contributed by atoms with Gasteiger partial charge in [0.1, 0.15) is 5.82 Å². The Balaban J connectivity index is 2.10. The number of rotatable bonds is 3. The first-order chi connectivity index (χ1) is 8.30. The molecule has 1 aromatic rings. The summed E-state index contributed by atoms with van der Waals surface area (Å²) in [5, 5.41) is 3.31. The molecule has 2 atom stereocenters. The van der Waals surface area contributed by atoms with Crippen LogP contribution in [0.15, 0.2) is 24.3 Å². The molecule has 0 amide bonds. The summed E-state index contributed by atoms with van der Waals surface area (Å²) in [6, 6.07) is 6.31. The van der Waals surface area contributed by atoms with Gasteiger partial charge in [-0.15, -0.1) is 0 Å². The number of hydrogen-bond acceptors (Lipinski definition) is 3. The lowest BCUT2D eigenvalue weighted by molar-refractivity contribution is 0.355. The Kier molecular flexibility index (Phi) is 3.47. The molecule has 0 bridgehead atoms. The third kappa shape index (κ3) is 3.09. The molecule has 2 rings (SSSR count). The number of hydrogen-bond donors (Lipinski definition) is 1. The Morgan fingerprint density at radius 1 is 1.44 bits per heavy atom. The maximum Gasteiger partial charge on any atom is 0.152 e. The third-order valence-electron chi connectivity index (χ3n) is 3.42. The predicted octanol–water partition coefficient (Wildman–Crippen LogP) is 2.05. The van der Waals surface area contributed by atoms with E-state index in [0.717, 1.165) is 5.56 Å². The number of sulfone groups is 1. The zero-order valence-corrected chi connectivity index (χ0v) is 11.4. The highest BCUT2D eigenvalue weighted by Crippen LogP contribution is 2.26. The largest absolute Gasteiger partial charge is 0.304 e. The van der Waals surface area contributed by atoms with Gasteiger partial charge in [0.25, 0.3) is 0 Å². The van der Waals surface area contributed by atoms with Crippen LogP contribution in [0.3, 0.4) is 0 Å². The van der Waals surface area contributed by atoms with E-state index in [1.807, 2.05) is 19.9 Å². The summed E-state index contributed by atoms with van der Waals surface area (Å²) in [6.07, 6.45) is 0.606. The minimum atomic E-state index is -2.93. The Morgan fingerprint density at radius 2 is 2.17 bits per heavy atom. The second kappa shape index (κ2) is 4.63. The Bertz CT molecular complexity index is 544. The van der Waals surface area contributed by atoms with Crippen molar-refractivity contribution in [2.45, 2.75) is 31.8 Å². The van der Waals surface area contributed by atoms with Crippen molar-refractivity contribution in [1.82, 2.24) is 5.32 Å². The maximum atomic E-state index is 13.1. The maximum absolute atomic E-state index is 13.1. The van der Waals surface area contributed by atoms with E-state index < -0.39 is 15.4 Å². The molecule has 0 aromatic heterocycles. The molecule has 1 aliphatic heterocycles. The number of halogens is 1. The predicted molar refractivity (Wildman–Crippen MR) is 69.6 cm³/mol. The summed E-state index contributed by atoms with van der Waals surface area (Å²) < 4.78 is 36.2. The van der Waals surface area contributed by atoms with Crippen LogP contribution < -0.4 is 5.32 Å². The van der Waals surface area contributed by atoms with E-state index in [-0.39, 0.29) is 23.4 Å². The Hall–Kier alpha value is -0.940. The van der Waals surface area contributed by atoms with Crippen LogP contribution in [-0.4, -0.2) is 25.5 Å². The van der Waals surface area contributed by atoms with Gasteiger partial charge < -0.3 is 5.32 Å². The first kappa shape index (κ1) is 13.5. The second-order valence-corrected chi connectivity index (χ2v) is 7.51. The van der Waals surface area contributed by atoms with E-state index in [2.05, 4.69) is 5.32 Å². The molecule has 0 radical (unpaired) electrons. The van der Waals surface area contributed by atoms with Crippen LogP contribution in [-0.2, 0) is 9.84 Å². The van der Waals surface area contributed by atoms with E-state index >= 15 is 0 Å². The van der Waals surface area contributed by atoms with Gasteiger partial charge in [-0.05, 0) is 38.0 Å². The van der Waals surface area contributed by atoms with Crippen LogP contribution in [0.5, 0.6) is 0 Å². The minimum Gasteiger partial charge on any atom is -0.304 e. The molecule has 0 spiro atoms. The van der Waals surface area contributed by atoms with Crippen molar-refractivity contribution in [3.63, 3.8) is 0 Å². The standard InChI is InChI=1S/C13H18FNO2S/c1-10(11-4-3-5-12(14)8-11)15-13(2)6-7-18(16,17)9-13/h3-5,8,10,15H,6-7,9H2,1-2H3. The summed E-state index contributed by atoms with van der Waals surface area (Å²) >= 11 is 0. The fourth-order valence-corrected chi connectivity index (χ4v) is 4.61. The molecular weight excluding hydrogens is 253 g/mol. The molecule has 5 heteroatoms. The monoisotopic (exact) mass is 271 g/mol. The van der Waals surface area contributed by atoms with Crippen LogP contribution in [0.1, 0.15) is 31.9 Å². The van der Waals surface area contributed by atoms with Gasteiger partial charge in [-0.1, -0.05) is 12.1 Å². The molecule has 1 aliphatic rings. The first-order valence-corrected chi connectivity index (χ1v) is 7.85. The van der Waals surface area contributed by atoms with E-state index in [4.69, 9.17) is 0 Å². The smallest absolute Gasteiger partial charge is 0.152 e. The van der Waals surface area contributed by atoms with Gasteiger partial charge in [0, 0.05) is 11.6 Å². The lowest BCUT2D eigenvalue weighted by atomic mass is 9.98. The van der Waals surface area contributed by atoms with E-state index in [1.54, 1.807) is 6.07 Å². The van der Waals surface area contributed by atoms with Gasteiger partial charge in [-0.25, -0.2) is 12.8 Å². The van der Waals surface area contributed by atoms with Crippen molar-refractivity contribution in [1.29, 1.82) is 0 Å². The summed E-state index contributed by atoms with van der Waals surface area (Å²) in [5.41, 5.74) is 0.422. The summed E-state index contributed by atoms with van der Waals surface area (Å²) in [4.78, 5) is 0. The molecule has 100 valence electrons. The average molecular weight is 271 g/mol. The van der Waals surface area contributed by atoms with Crippen molar-refractivity contribution in [3.8, 4) is 0 Å². The summed E-state index contributed by atoms with van der Waals surface area (Å²) in [7, 11) is -2.93. The first-order valence-electron chi connectivity index (χ1n) is 6.03. The highest BCUT2D eigenvalue weighted by molar-refractivity contribution is 7.91. The fourth-order valence-electron chi connectivity index (χ4n) is 2.51. The van der Waals surface area contributed by atoms with Gasteiger partial charge in [-0.2, -0.15) is 0 Å². The molecule has 1 saturated heterocycles. The van der Waals surface area contributed by atoms with E-state index in [1.165, 1.54) is 12.1 Å². The zero-order valence-electron chi connectivity index (χ0n) is 10.6. The molecule has 1 fully saturated rings. The highest BCUT2D eigenvalue weighted by Gasteiger charge is 2.38. The Morgan fingerprint density at radius 3 is 2.72 bits per heavy atom. The lowest BCUT2D eigenvalue weighted by Crippen LogP contribution is -2.44. The Labute approximate surface area is 107 Å².